The predicted molar refractivity (Wildman–Crippen MR) is 66.4 cm³/mol. The molecule has 1 rings (SSSR count). The third kappa shape index (κ3) is 3.87. The van der Waals surface area contributed by atoms with Crippen molar-refractivity contribution in [1.29, 1.82) is 0 Å². The lowest BCUT2D eigenvalue weighted by molar-refractivity contribution is -0.281. The highest BCUT2D eigenvalue weighted by Gasteiger charge is 2.56. The van der Waals surface area contributed by atoms with Gasteiger partial charge in [0.2, 0.25) is 0 Å². The molecule has 0 aromatic rings. The van der Waals surface area contributed by atoms with Crippen molar-refractivity contribution in [1.82, 2.24) is 0 Å². The van der Waals surface area contributed by atoms with Crippen molar-refractivity contribution in [3.63, 3.8) is 0 Å². The first-order valence-electron chi connectivity index (χ1n) is 6.71. The highest BCUT2D eigenvalue weighted by atomic mass is 19.4. The molecule has 0 atom stereocenters. The summed E-state index contributed by atoms with van der Waals surface area (Å²) in [5.74, 6) is 0.426. The Morgan fingerprint density at radius 3 is 1.94 bits per heavy atom. The zero-order valence-corrected chi connectivity index (χ0v) is 11.9. The molecule has 0 aromatic heterocycles. The molecule has 0 heterocycles. The topological polar surface area (TPSA) is 9.23 Å². The maximum absolute atomic E-state index is 13.0. The molecular formula is C14H25F3O. The standard InChI is InChI=1S/C14H25F3O/c1-12(2,3)8-5-11-6-9-13(18-4,10-7-11)14(15,16)17/h11H,5-10H2,1-4H3. The molecule has 0 saturated heterocycles. The van der Waals surface area contributed by atoms with E-state index in [0.29, 0.717) is 18.8 Å². The summed E-state index contributed by atoms with van der Waals surface area (Å²) in [6.07, 6.45) is -0.655. The summed E-state index contributed by atoms with van der Waals surface area (Å²) < 4.78 is 43.7. The number of methoxy groups -OCH3 is 1. The molecular weight excluding hydrogens is 241 g/mol. The van der Waals surface area contributed by atoms with E-state index in [0.717, 1.165) is 12.8 Å². The molecule has 0 amide bonds. The number of rotatable bonds is 3. The van der Waals surface area contributed by atoms with Crippen LogP contribution in [0, 0.1) is 11.3 Å². The van der Waals surface area contributed by atoms with Gasteiger partial charge in [0.15, 0.2) is 5.60 Å². The molecule has 0 N–H and O–H groups in total. The first kappa shape index (κ1) is 15.8. The second-order valence-corrected chi connectivity index (χ2v) is 6.74. The van der Waals surface area contributed by atoms with E-state index in [1.54, 1.807) is 0 Å². The minimum atomic E-state index is -4.24. The Kier molecular flexibility index (Phi) is 4.74. The summed E-state index contributed by atoms with van der Waals surface area (Å²) in [5, 5.41) is 0. The van der Waals surface area contributed by atoms with Crippen molar-refractivity contribution < 1.29 is 17.9 Å². The fourth-order valence-electron chi connectivity index (χ4n) is 2.67. The molecule has 0 bridgehead atoms. The average molecular weight is 266 g/mol. The van der Waals surface area contributed by atoms with Crippen molar-refractivity contribution in [3.05, 3.63) is 0 Å². The Bertz CT molecular complexity index is 257. The lowest BCUT2D eigenvalue weighted by atomic mass is 9.74. The van der Waals surface area contributed by atoms with Crippen LogP contribution < -0.4 is 0 Å². The fraction of sp³-hybridized carbons (Fsp3) is 1.00. The summed E-state index contributed by atoms with van der Waals surface area (Å²) in [6.45, 7) is 6.51. The van der Waals surface area contributed by atoms with Crippen LogP contribution in [0.5, 0.6) is 0 Å². The maximum atomic E-state index is 13.0. The van der Waals surface area contributed by atoms with Gasteiger partial charge in [-0.25, -0.2) is 0 Å². The van der Waals surface area contributed by atoms with Gasteiger partial charge in [0.25, 0.3) is 0 Å². The molecule has 1 nitrogen and oxygen atoms in total. The average Bonchev–Trinajstić information content (AvgIpc) is 2.24. The minimum absolute atomic E-state index is 0.113. The van der Waals surface area contributed by atoms with Gasteiger partial charge in [-0.2, -0.15) is 13.2 Å². The van der Waals surface area contributed by atoms with Crippen LogP contribution >= 0.6 is 0 Å². The molecule has 0 aliphatic heterocycles. The second-order valence-electron chi connectivity index (χ2n) is 6.74. The smallest absolute Gasteiger partial charge is 0.369 e. The molecule has 0 spiro atoms. The lowest BCUT2D eigenvalue weighted by Crippen LogP contribution is -2.49. The monoisotopic (exact) mass is 266 g/mol. The van der Waals surface area contributed by atoms with Crippen LogP contribution in [-0.2, 0) is 4.74 Å². The second kappa shape index (κ2) is 5.40. The summed E-state index contributed by atoms with van der Waals surface area (Å²) >= 11 is 0. The molecule has 0 unspecified atom stereocenters. The van der Waals surface area contributed by atoms with Gasteiger partial charge in [0, 0.05) is 7.11 Å². The van der Waals surface area contributed by atoms with E-state index in [-0.39, 0.29) is 18.3 Å². The fourth-order valence-corrected chi connectivity index (χ4v) is 2.67. The Labute approximate surface area is 108 Å². The molecule has 1 saturated carbocycles. The maximum Gasteiger partial charge on any atom is 0.417 e. The lowest BCUT2D eigenvalue weighted by Gasteiger charge is -2.40. The quantitative estimate of drug-likeness (QED) is 0.702. The van der Waals surface area contributed by atoms with Crippen molar-refractivity contribution in [2.45, 2.75) is 71.1 Å². The largest absolute Gasteiger partial charge is 0.417 e. The Morgan fingerprint density at radius 2 is 1.61 bits per heavy atom. The van der Waals surface area contributed by atoms with E-state index in [4.69, 9.17) is 4.74 Å². The van der Waals surface area contributed by atoms with Crippen LogP contribution in [0.3, 0.4) is 0 Å². The molecule has 108 valence electrons. The summed E-state index contributed by atoms with van der Waals surface area (Å²) in [5.41, 5.74) is -1.62. The van der Waals surface area contributed by atoms with Crippen LogP contribution in [0.2, 0.25) is 0 Å². The van der Waals surface area contributed by atoms with Gasteiger partial charge < -0.3 is 4.74 Å². The first-order chi connectivity index (χ1) is 8.10. The summed E-state index contributed by atoms with van der Waals surface area (Å²) in [6, 6.07) is 0. The Hall–Kier alpha value is -0.250. The van der Waals surface area contributed by atoms with Crippen LogP contribution in [0.25, 0.3) is 0 Å². The van der Waals surface area contributed by atoms with Crippen molar-refractivity contribution in [2.75, 3.05) is 7.11 Å². The number of halogens is 3. The van der Waals surface area contributed by atoms with E-state index in [1.807, 2.05) is 0 Å². The van der Waals surface area contributed by atoms with Gasteiger partial charge in [0.1, 0.15) is 0 Å². The summed E-state index contributed by atoms with van der Waals surface area (Å²) in [4.78, 5) is 0. The third-order valence-corrected chi connectivity index (χ3v) is 4.12. The van der Waals surface area contributed by atoms with E-state index in [2.05, 4.69) is 20.8 Å². The van der Waals surface area contributed by atoms with Crippen molar-refractivity contribution >= 4 is 0 Å². The molecule has 1 aliphatic carbocycles. The van der Waals surface area contributed by atoms with Gasteiger partial charge in [-0.15, -0.1) is 0 Å². The zero-order valence-electron chi connectivity index (χ0n) is 11.9. The van der Waals surface area contributed by atoms with E-state index in [9.17, 15) is 13.2 Å². The van der Waals surface area contributed by atoms with E-state index in [1.165, 1.54) is 7.11 Å². The number of alkyl halides is 3. The zero-order chi connectivity index (χ0) is 14.0. The van der Waals surface area contributed by atoms with Crippen LogP contribution in [0.4, 0.5) is 13.2 Å². The van der Waals surface area contributed by atoms with Gasteiger partial charge in [0.05, 0.1) is 0 Å². The molecule has 0 radical (unpaired) electrons. The van der Waals surface area contributed by atoms with Gasteiger partial charge in [-0.05, 0) is 49.9 Å². The van der Waals surface area contributed by atoms with E-state index < -0.39 is 11.8 Å². The van der Waals surface area contributed by atoms with Crippen LogP contribution in [0.1, 0.15) is 59.3 Å². The summed E-state index contributed by atoms with van der Waals surface area (Å²) in [7, 11) is 1.18. The van der Waals surface area contributed by atoms with E-state index >= 15 is 0 Å². The molecule has 1 aliphatic rings. The van der Waals surface area contributed by atoms with Crippen molar-refractivity contribution in [2.24, 2.45) is 11.3 Å². The van der Waals surface area contributed by atoms with Crippen LogP contribution in [0.15, 0.2) is 0 Å². The van der Waals surface area contributed by atoms with Gasteiger partial charge in [-0.3, -0.25) is 0 Å². The normalized spacial score (nSPS) is 30.5. The van der Waals surface area contributed by atoms with Crippen molar-refractivity contribution in [3.8, 4) is 0 Å². The highest BCUT2D eigenvalue weighted by Crippen LogP contribution is 2.46. The molecule has 4 heteroatoms. The Balaban J connectivity index is 2.50. The van der Waals surface area contributed by atoms with Gasteiger partial charge in [-0.1, -0.05) is 20.8 Å². The number of hydrogen-bond acceptors (Lipinski definition) is 1. The molecule has 18 heavy (non-hydrogen) atoms. The molecule has 1 fully saturated rings. The third-order valence-electron chi connectivity index (χ3n) is 4.12. The number of hydrogen-bond donors (Lipinski definition) is 0. The minimum Gasteiger partial charge on any atom is -0.369 e. The number of ether oxygens (including phenoxy) is 1. The predicted octanol–water partition coefficient (Wildman–Crippen LogP) is 4.95. The SMILES string of the molecule is COC1(C(F)(F)F)CCC(CCC(C)(C)C)CC1. The highest BCUT2D eigenvalue weighted by molar-refractivity contribution is 4.93. The Morgan fingerprint density at radius 1 is 1.11 bits per heavy atom. The van der Waals surface area contributed by atoms with Gasteiger partial charge >= 0.3 is 6.18 Å². The van der Waals surface area contributed by atoms with Crippen LogP contribution in [-0.4, -0.2) is 18.9 Å². The molecule has 0 aromatic carbocycles. The first-order valence-corrected chi connectivity index (χ1v) is 6.71.